The van der Waals surface area contributed by atoms with Gasteiger partial charge in [0.15, 0.2) is 6.61 Å². The Labute approximate surface area is 147 Å². The summed E-state index contributed by atoms with van der Waals surface area (Å²) in [5.74, 6) is -1.06. The molecular weight excluding hydrogens is 372 g/mol. The molecule has 2 aromatic rings. The zero-order valence-electron chi connectivity index (χ0n) is 12.5. The van der Waals surface area contributed by atoms with Crippen molar-refractivity contribution in [2.75, 3.05) is 11.9 Å². The summed E-state index contributed by atoms with van der Waals surface area (Å²) >= 11 is 3.33. The van der Waals surface area contributed by atoms with Crippen LogP contribution in [0.25, 0.3) is 6.08 Å². The molecule has 0 saturated heterocycles. The Kier molecular flexibility index (Phi) is 6.29. The number of esters is 1. The van der Waals surface area contributed by atoms with Crippen molar-refractivity contribution in [2.24, 2.45) is 0 Å². The summed E-state index contributed by atoms with van der Waals surface area (Å²) < 4.78 is 5.81. The monoisotopic (exact) mass is 384 g/mol. The Morgan fingerprint density at radius 1 is 1.12 bits per heavy atom. The summed E-state index contributed by atoms with van der Waals surface area (Å²) in [6.45, 7) is -0.385. The summed E-state index contributed by atoms with van der Waals surface area (Å²) in [7, 11) is 0. The fourth-order valence-corrected chi connectivity index (χ4v) is 2.01. The summed E-state index contributed by atoms with van der Waals surface area (Å²) in [6.07, 6.45) is 2.87. The number of anilines is 1. The number of carbonyl (C=O) groups excluding carboxylic acids is 2. The SMILES string of the molecule is N#Cc1ccc(NC(=O)COC(=O)/C=C/c2ccc(Br)cc2)cc1. The Hall–Kier alpha value is -2.91. The van der Waals surface area contributed by atoms with Gasteiger partial charge >= 0.3 is 5.97 Å². The number of nitriles is 1. The third-order valence-corrected chi connectivity index (χ3v) is 3.45. The molecule has 0 atom stereocenters. The molecule has 0 aliphatic rings. The first-order chi connectivity index (χ1) is 11.6. The Balaban J connectivity index is 1.79. The van der Waals surface area contributed by atoms with E-state index < -0.39 is 11.9 Å². The number of carbonyl (C=O) groups is 2. The van der Waals surface area contributed by atoms with E-state index in [1.807, 2.05) is 30.3 Å². The van der Waals surface area contributed by atoms with Crippen LogP contribution < -0.4 is 5.32 Å². The van der Waals surface area contributed by atoms with Crippen LogP contribution >= 0.6 is 15.9 Å². The minimum atomic E-state index is -0.604. The predicted octanol–water partition coefficient (Wildman–Crippen LogP) is 3.52. The highest BCUT2D eigenvalue weighted by molar-refractivity contribution is 9.10. The van der Waals surface area contributed by atoms with Crippen LogP contribution in [-0.4, -0.2) is 18.5 Å². The van der Waals surface area contributed by atoms with E-state index in [1.165, 1.54) is 6.08 Å². The molecule has 2 rings (SSSR count). The van der Waals surface area contributed by atoms with Crippen LogP contribution in [-0.2, 0) is 14.3 Å². The first kappa shape index (κ1) is 17.4. The second kappa shape index (κ2) is 8.65. The van der Waals surface area contributed by atoms with Gasteiger partial charge in [0.05, 0.1) is 11.6 Å². The maximum absolute atomic E-state index is 11.7. The van der Waals surface area contributed by atoms with E-state index in [1.54, 1.807) is 30.3 Å². The number of benzene rings is 2. The minimum Gasteiger partial charge on any atom is -0.452 e. The van der Waals surface area contributed by atoms with E-state index in [2.05, 4.69) is 21.2 Å². The molecule has 5 nitrogen and oxygen atoms in total. The molecule has 0 saturated carbocycles. The predicted molar refractivity (Wildman–Crippen MR) is 93.9 cm³/mol. The number of nitrogens with one attached hydrogen (secondary N) is 1. The zero-order chi connectivity index (χ0) is 17.4. The van der Waals surface area contributed by atoms with Crippen LogP contribution in [0.15, 0.2) is 59.1 Å². The zero-order valence-corrected chi connectivity index (χ0v) is 14.1. The van der Waals surface area contributed by atoms with Crippen LogP contribution in [0.4, 0.5) is 5.69 Å². The van der Waals surface area contributed by atoms with Crippen molar-refractivity contribution in [1.29, 1.82) is 5.26 Å². The molecule has 120 valence electrons. The summed E-state index contributed by atoms with van der Waals surface area (Å²) in [5.41, 5.74) is 1.87. The molecule has 0 fully saturated rings. The van der Waals surface area contributed by atoms with Gasteiger partial charge in [-0.05, 0) is 48.0 Å². The number of ether oxygens (including phenoxy) is 1. The second-order valence-electron chi connectivity index (χ2n) is 4.73. The summed E-state index contributed by atoms with van der Waals surface area (Å²) in [5, 5.41) is 11.3. The van der Waals surface area contributed by atoms with Gasteiger partial charge in [0.25, 0.3) is 5.91 Å². The first-order valence-electron chi connectivity index (χ1n) is 6.97. The fraction of sp³-hybridized carbons (Fsp3) is 0.0556. The number of nitrogens with zero attached hydrogens (tertiary/aromatic N) is 1. The highest BCUT2D eigenvalue weighted by atomic mass is 79.9. The van der Waals surface area contributed by atoms with Crippen molar-refractivity contribution in [2.45, 2.75) is 0 Å². The molecule has 0 aliphatic carbocycles. The molecule has 0 radical (unpaired) electrons. The number of hydrogen-bond acceptors (Lipinski definition) is 4. The lowest BCUT2D eigenvalue weighted by molar-refractivity contribution is -0.142. The molecule has 24 heavy (non-hydrogen) atoms. The quantitative estimate of drug-likeness (QED) is 0.631. The van der Waals surface area contributed by atoms with Crippen LogP contribution in [0.3, 0.4) is 0 Å². The number of amides is 1. The van der Waals surface area contributed by atoms with Gasteiger partial charge in [-0.25, -0.2) is 4.79 Å². The van der Waals surface area contributed by atoms with Gasteiger partial charge in [-0.2, -0.15) is 5.26 Å². The van der Waals surface area contributed by atoms with E-state index in [4.69, 9.17) is 10.00 Å². The van der Waals surface area contributed by atoms with Gasteiger partial charge in [-0.15, -0.1) is 0 Å². The first-order valence-corrected chi connectivity index (χ1v) is 7.76. The van der Waals surface area contributed by atoms with E-state index >= 15 is 0 Å². The van der Waals surface area contributed by atoms with Crippen molar-refractivity contribution >= 4 is 39.6 Å². The van der Waals surface area contributed by atoms with Crippen molar-refractivity contribution in [3.63, 3.8) is 0 Å². The van der Waals surface area contributed by atoms with Gasteiger partial charge in [-0.3, -0.25) is 4.79 Å². The van der Waals surface area contributed by atoms with E-state index in [-0.39, 0.29) is 6.61 Å². The molecule has 0 aromatic heterocycles. The smallest absolute Gasteiger partial charge is 0.331 e. The van der Waals surface area contributed by atoms with Gasteiger partial charge in [0, 0.05) is 16.2 Å². The number of rotatable bonds is 5. The molecule has 0 unspecified atom stereocenters. The Morgan fingerprint density at radius 3 is 2.42 bits per heavy atom. The van der Waals surface area contributed by atoms with Crippen molar-refractivity contribution < 1.29 is 14.3 Å². The Bertz CT molecular complexity index is 791. The molecular formula is C18H13BrN2O3. The highest BCUT2D eigenvalue weighted by Crippen LogP contribution is 2.11. The highest BCUT2D eigenvalue weighted by Gasteiger charge is 2.05. The molecule has 6 heteroatoms. The summed E-state index contributed by atoms with van der Waals surface area (Å²) in [4.78, 5) is 23.3. The molecule has 0 heterocycles. The van der Waals surface area contributed by atoms with Crippen LogP contribution in [0, 0.1) is 11.3 Å². The lowest BCUT2D eigenvalue weighted by Crippen LogP contribution is -2.20. The lowest BCUT2D eigenvalue weighted by atomic mass is 10.2. The molecule has 0 spiro atoms. The number of halogens is 1. The molecule has 1 N–H and O–H groups in total. The average molecular weight is 385 g/mol. The second-order valence-corrected chi connectivity index (χ2v) is 5.65. The maximum Gasteiger partial charge on any atom is 0.331 e. The molecule has 0 aliphatic heterocycles. The standard InChI is InChI=1S/C18H13BrN2O3/c19-15-6-1-13(2-7-15)5-10-18(23)24-12-17(22)21-16-8-3-14(11-20)4-9-16/h1-10H,12H2,(H,21,22)/b10-5+. The van der Waals surface area contributed by atoms with Gasteiger partial charge in [-0.1, -0.05) is 28.1 Å². The molecule has 2 aromatic carbocycles. The van der Waals surface area contributed by atoms with Gasteiger partial charge in [0.1, 0.15) is 0 Å². The fourth-order valence-electron chi connectivity index (χ4n) is 1.75. The maximum atomic E-state index is 11.7. The van der Waals surface area contributed by atoms with Crippen molar-refractivity contribution in [3.8, 4) is 6.07 Å². The minimum absolute atomic E-state index is 0.385. The van der Waals surface area contributed by atoms with E-state index in [9.17, 15) is 9.59 Å². The van der Waals surface area contributed by atoms with Crippen LogP contribution in [0.1, 0.15) is 11.1 Å². The average Bonchev–Trinajstić information content (AvgIpc) is 2.60. The number of hydrogen-bond donors (Lipinski definition) is 1. The largest absolute Gasteiger partial charge is 0.452 e. The van der Waals surface area contributed by atoms with Crippen LogP contribution in [0.5, 0.6) is 0 Å². The van der Waals surface area contributed by atoms with Crippen molar-refractivity contribution in [3.05, 3.63) is 70.2 Å². The van der Waals surface area contributed by atoms with Gasteiger partial charge < -0.3 is 10.1 Å². The van der Waals surface area contributed by atoms with E-state index in [0.29, 0.717) is 11.3 Å². The topological polar surface area (TPSA) is 79.2 Å². The normalized spacial score (nSPS) is 10.2. The Morgan fingerprint density at radius 2 is 1.79 bits per heavy atom. The third kappa shape index (κ3) is 5.71. The lowest BCUT2D eigenvalue weighted by Gasteiger charge is -2.05. The van der Waals surface area contributed by atoms with Crippen LogP contribution in [0.2, 0.25) is 0 Å². The third-order valence-electron chi connectivity index (χ3n) is 2.93. The van der Waals surface area contributed by atoms with Gasteiger partial charge in [0.2, 0.25) is 0 Å². The molecule has 1 amide bonds. The molecule has 0 bridgehead atoms. The summed E-state index contributed by atoms with van der Waals surface area (Å²) in [6, 6.07) is 15.8. The van der Waals surface area contributed by atoms with Crippen molar-refractivity contribution in [1.82, 2.24) is 0 Å². The van der Waals surface area contributed by atoms with E-state index in [0.717, 1.165) is 10.0 Å².